The molecule has 1 N–H and O–H groups in total. The Labute approximate surface area is 98.9 Å². The van der Waals surface area contributed by atoms with Crippen LogP contribution in [-0.2, 0) is 19.6 Å². The van der Waals surface area contributed by atoms with Gasteiger partial charge in [-0.2, -0.15) is 17.2 Å². The summed E-state index contributed by atoms with van der Waals surface area (Å²) in [5, 5.41) is -4.52. The minimum absolute atomic E-state index is 0.343. The quantitative estimate of drug-likeness (QED) is 0.611. The van der Waals surface area contributed by atoms with Crippen LogP contribution in [0.15, 0.2) is 0 Å². The first-order chi connectivity index (χ1) is 7.36. The first kappa shape index (κ1) is 16.2. The van der Waals surface area contributed by atoms with Crippen LogP contribution in [0.3, 0.4) is 0 Å². The van der Waals surface area contributed by atoms with Crippen molar-refractivity contribution in [2.45, 2.75) is 45.5 Å². The molecule has 0 aromatic rings. The number of hydrogen-bond acceptors (Lipinski definition) is 4. The highest BCUT2D eigenvalue weighted by Crippen LogP contribution is 2.30. The molecule has 0 heterocycles. The van der Waals surface area contributed by atoms with Crippen LogP contribution in [0.2, 0.25) is 0 Å². The normalized spacial score (nSPS) is 15.5. The molecule has 0 aliphatic carbocycles. The van der Waals surface area contributed by atoms with Crippen LogP contribution in [0.5, 0.6) is 0 Å². The molecule has 0 saturated carbocycles. The van der Waals surface area contributed by atoms with E-state index in [0.29, 0.717) is 13.3 Å². The van der Waals surface area contributed by atoms with Crippen LogP contribution in [0, 0.1) is 5.41 Å². The summed E-state index contributed by atoms with van der Waals surface area (Å²) in [6, 6.07) is 0. The zero-order chi connectivity index (χ0) is 14.1. The minimum atomic E-state index is -5.61. The Hall–Kier alpha value is -0.760. The van der Waals surface area contributed by atoms with Gasteiger partial charge in [0.2, 0.25) is 0 Å². The highest BCUT2D eigenvalue weighted by Gasteiger charge is 2.52. The second-order valence-corrected chi connectivity index (χ2v) is 5.82. The fourth-order valence-electron chi connectivity index (χ4n) is 0.743. The van der Waals surface area contributed by atoms with Gasteiger partial charge >= 0.3 is 21.3 Å². The highest BCUT2D eigenvalue weighted by atomic mass is 32.2. The van der Waals surface area contributed by atoms with E-state index >= 15 is 0 Å². The van der Waals surface area contributed by atoms with E-state index in [9.17, 15) is 22.0 Å². The van der Waals surface area contributed by atoms with Gasteiger partial charge in [0.05, 0.1) is 5.41 Å². The summed E-state index contributed by atoms with van der Waals surface area (Å²) >= 11 is 0. The predicted octanol–water partition coefficient (Wildman–Crippen LogP) is 1.83. The number of alkyl halides is 2. The van der Waals surface area contributed by atoms with Crippen molar-refractivity contribution < 1.29 is 31.3 Å². The SMILES string of the molecule is CCC(C)(C)C(=O)OC(C)C(F)(F)S(=O)(=O)O. The maximum Gasteiger partial charge on any atom is 0.405 e. The first-order valence-corrected chi connectivity index (χ1v) is 6.36. The molecule has 1 atom stereocenters. The molecule has 0 fully saturated rings. The summed E-state index contributed by atoms with van der Waals surface area (Å²) in [6.07, 6.45) is -1.91. The van der Waals surface area contributed by atoms with Crippen LogP contribution in [-0.4, -0.2) is 30.3 Å². The van der Waals surface area contributed by atoms with Crippen molar-refractivity contribution in [3.63, 3.8) is 0 Å². The van der Waals surface area contributed by atoms with Crippen molar-refractivity contribution in [2.75, 3.05) is 0 Å². The summed E-state index contributed by atoms with van der Waals surface area (Å²) < 4.78 is 59.6. The molecule has 102 valence electrons. The van der Waals surface area contributed by atoms with E-state index in [4.69, 9.17) is 4.55 Å². The minimum Gasteiger partial charge on any atom is -0.455 e. The molecule has 0 spiro atoms. The zero-order valence-corrected chi connectivity index (χ0v) is 10.8. The standard InChI is InChI=1S/C9H16F2O5S/c1-5-8(3,4)7(12)16-6(2)9(10,11)17(13,14)15/h6H,5H2,1-4H3,(H,13,14,15). The Morgan fingerprint density at radius 2 is 1.82 bits per heavy atom. The molecular weight excluding hydrogens is 258 g/mol. The van der Waals surface area contributed by atoms with Gasteiger partial charge in [-0.25, -0.2) is 0 Å². The summed E-state index contributed by atoms with van der Waals surface area (Å²) in [5.74, 6) is -0.948. The predicted molar refractivity (Wildman–Crippen MR) is 56.1 cm³/mol. The summed E-state index contributed by atoms with van der Waals surface area (Å²) in [4.78, 5) is 11.4. The Balaban J connectivity index is 4.91. The zero-order valence-electron chi connectivity index (χ0n) is 10.0. The lowest BCUT2D eigenvalue weighted by Gasteiger charge is -2.26. The van der Waals surface area contributed by atoms with Crippen molar-refractivity contribution in [1.82, 2.24) is 0 Å². The maximum atomic E-state index is 13.1. The van der Waals surface area contributed by atoms with E-state index < -0.39 is 32.9 Å². The molecule has 0 aromatic carbocycles. The van der Waals surface area contributed by atoms with Crippen molar-refractivity contribution in [3.8, 4) is 0 Å². The Bertz CT molecular complexity index is 388. The molecule has 0 aliphatic heterocycles. The lowest BCUT2D eigenvalue weighted by molar-refractivity contribution is -0.170. The average Bonchev–Trinajstić information content (AvgIpc) is 2.15. The van der Waals surface area contributed by atoms with Crippen LogP contribution in [0.25, 0.3) is 0 Å². The monoisotopic (exact) mass is 274 g/mol. The summed E-state index contributed by atoms with van der Waals surface area (Å²) in [6.45, 7) is 5.32. The Morgan fingerprint density at radius 3 is 2.12 bits per heavy atom. The molecule has 0 aliphatic rings. The second kappa shape index (κ2) is 4.85. The molecule has 5 nitrogen and oxygen atoms in total. The van der Waals surface area contributed by atoms with E-state index in [2.05, 4.69) is 4.74 Å². The fourth-order valence-corrected chi connectivity index (χ4v) is 1.21. The van der Waals surface area contributed by atoms with Crippen LogP contribution >= 0.6 is 0 Å². The second-order valence-electron chi connectivity index (χ2n) is 4.32. The molecule has 0 bridgehead atoms. The lowest BCUT2D eigenvalue weighted by atomic mass is 9.91. The molecular formula is C9H16F2O5S. The van der Waals surface area contributed by atoms with Crippen molar-refractivity contribution in [3.05, 3.63) is 0 Å². The Kier molecular flexibility index (Phi) is 4.63. The van der Waals surface area contributed by atoms with E-state index in [1.54, 1.807) is 6.92 Å². The van der Waals surface area contributed by atoms with Gasteiger partial charge in [-0.15, -0.1) is 0 Å². The van der Waals surface area contributed by atoms with Crippen LogP contribution in [0.4, 0.5) is 8.78 Å². The average molecular weight is 274 g/mol. The van der Waals surface area contributed by atoms with Gasteiger partial charge in [-0.05, 0) is 27.2 Å². The van der Waals surface area contributed by atoms with E-state index in [1.807, 2.05) is 0 Å². The Morgan fingerprint density at radius 1 is 1.41 bits per heavy atom. The molecule has 17 heavy (non-hydrogen) atoms. The van der Waals surface area contributed by atoms with Crippen molar-refractivity contribution >= 4 is 16.1 Å². The van der Waals surface area contributed by atoms with E-state index in [-0.39, 0.29) is 0 Å². The largest absolute Gasteiger partial charge is 0.455 e. The number of hydrogen-bond donors (Lipinski definition) is 1. The number of halogens is 2. The maximum absolute atomic E-state index is 13.1. The van der Waals surface area contributed by atoms with Gasteiger partial charge in [0.1, 0.15) is 0 Å². The third kappa shape index (κ3) is 3.60. The van der Waals surface area contributed by atoms with Crippen molar-refractivity contribution in [1.29, 1.82) is 0 Å². The molecule has 1 unspecified atom stereocenters. The smallest absolute Gasteiger partial charge is 0.405 e. The van der Waals surface area contributed by atoms with Crippen molar-refractivity contribution in [2.24, 2.45) is 5.41 Å². The van der Waals surface area contributed by atoms with Gasteiger partial charge < -0.3 is 4.74 Å². The number of esters is 1. The summed E-state index contributed by atoms with van der Waals surface area (Å²) in [7, 11) is -5.61. The molecule has 8 heteroatoms. The van der Waals surface area contributed by atoms with Gasteiger partial charge in [0.15, 0.2) is 6.10 Å². The van der Waals surface area contributed by atoms with Gasteiger partial charge in [0, 0.05) is 0 Å². The van der Waals surface area contributed by atoms with Crippen LogP contribution in [0.1, 0.15) is 34.1 Å². The van der Waals surface area contributed by atoms with Gasteiger partial charge in [0.25, 0.3) is 0 Å². The fraction of sp³-hybridized carbons (Fsp3) is 0.889. The number of ether oxygens (including phenoxy) is 1. The number of rotatable bonds is 5. The number of carbonyl (C=O) groups excluding carboxylic acids is 1. The molecule has 0 radical (unpaired) electrons. The number of carbonyl (C=O) groups is 1. The summed E-state index contributed by atoms with van der Waals surface area (Å²) in [5.41, 5.74) is -0.996. The lowest BCUT2D eigenvalue weighted by Crippen LogP contribution is -2.43. The molecule has 0 rings (SSSR count). The van der Waals surface area contributed by atoms with Gasteiger partial charge in [-0.1, -0.05) is 6.92 Å². The van der Waals surface area contributed by atoms with Gasteiger partial charge in [-0.3, -0.25) is 9.35 Å². The molecule has 0 aromatic heterocycles. The van der Waals surface area contributed by atoms with E-state index in [1.165, 1.54) is 13.8 Å². The topological polar surface area (TPSA) is 80.7 Å². The van der Waals surface area contributed by atoms with Crippen LogP contribution < -0.4 is 0 Å². The third-order valence-corrected chi connectivity index (χ3v) is 3.56. The first-order valence-electron chi connectivity index (χ1n) is 4.92. The highest BCUT2D eigenvalue weighted by molar-refractivity contribution is 7.86. The molecule has 0 amide bonds. The third-order valence-electron chi connectivity index (χ3n) is 2.54. The molecule has 0 saturated heterocycles. The van der Waals surface area contributed by atoms with E-state index in [0.717, 1.165) is 0 Å².